The van der Waals surface area contributed by atoms with Crippen LogP contribution in [0.15, 0.2) is 53.4 Å². The molecule has 0 aromatic heterocycles. The number of rotatable bonds is 5. The van der Waals surface area contributed by atoms with Crippen LogP contribution in [0.25, 0.3) is 0 Å². The molecule has 3 nitrogen and oxygen atoms in total. The van der Waals surface area contributed by atoms with E-state index in [1.165, 1.54) is 35.4 Å². The van der Waals surface area contributed by atoms with E-state index < -0.39 is 0 Å². The van der Waals surface area contributed by atoms with Gasteiger partial charge in [-0.1, -0.05) is 24.3 Å². The van der Waals surface area contributed by atoms with Gasteiger partial charge in [-0.25, -0.2) is 4.39 Å². The molecule has 0 aliphatic carbocycles. The van der Waals surface area contributed by atoms with E-state index in [4.69, 9.17) is 0 Å². The van der Waals surface area contributed by atoms with Crippen LogP contribution in [0.3, 0.4) is 0 Å². The van der Waals surface area contributed by atoms with E-state index in [1.807, 2.05) is 12.1 Å². The normalized spacial score (nSPS) is 26.4. The third-order valence-corrected chi connectivity index (χ3v) is 6.68. The van der Waals surface area contributed by atoms with Gasteiger partial charge in [0.25, 0.3) is 0 Å². The Kier molecular flexibility index (Phi) is 6.13. The van der Waals surface area contributed by atoms with Gasteiger partial charge >= 0.3 is 0 Å². The minimum atomic E-state index is -0.162. The van der Waals surface area contributed by atoms with Gasteiger partial charge in [0.1, 0.15) is 5.82 Å². The summed E-state index contributed by atoms with van der Waals surface area (Å²) in [4.78, 5) is 3.91. The number of benzene rings is 2. The van der Waals surface area contributed by atoms with Gasteiger partial charge in [0.2, 0.25) is 0 Å². The topological polar surface area (TPSA) is 27.3 Å². The van der Waals surface area contributed by atoms with Crippen LogP contribution in [-0.4, -0.2) is 36.8 Å². The van der Waals surface area contributed by atoms with Crippen LogP contribution in [0.5, 0.6) is 0 Å². The van der Waals surface area contributed by atoms with Crippen molar-refractivity contribution in [2.75, 3.05) is 25.9 Å². The Labute approximate surface area is 165 Å². The molecule has 27 heavy (non-hydrogen) atoms. The van der Waals surface area contributed by atoms with Crippen molar-refractivity contribution in [1.29, 1.82) is 0 Å². The largest absolute Gasteiger partial charge is 0.299 e. The lowest BCUT2D eigenvalue weighted by molar-refractivity contribution is 0.139. The van der Waals surface area contributed by atoms with Gasteiger partial charge in [0, 0.05) is 36.5 Å². The van der Waals surface area contributed by atoms with E-state index in [1.54, 1.807) is 23.9 Å². The summed E-state index contributed by atoms with van der Waals surface area (Å²) >= 11 is 1.79. The van der Waals surface area contributed by atoms with Crippen molar-refractivity contribution in [1.82, 2.24) is 15.8 Å². The molecular weight excluding hydrogens is 357 g/mol. The van der Waals surface area contributed by atoms with Gasteiger partial charge in [0.15, 0.2) is 0 Å². The number of halogens is 1. The molecule has 2 saturated heterocycles. The van der Waals surface area contributed by atoms with Gasteiger partial charge in [-0.3, -0.25) is 15.8 Å². The predicted molar refractivity (Wildman–Crippen MR) is 110 cm³/mol. The Morgan fingerprint density at radius 2 is 1.89 bits per heavy atom. The second-order valence-corrected chi connectivity index (χ2v) is 8.57. The zero-order chi connectivity index (χ0) is 18.6. The number of thioether (sulfide) groups is 1. The monoisotopic (exact) mass is 385 g/mol. The van der Waals surface area contributed by atoms with Crippen molar-refractivity contribution < 1.29 is 4.39 Å². The molecular formula is C22H28FN3S. The van der Waals surface area contributed by atoms with Crippen LogP contribution in [-0.2, 0) is 6.54 Å². The highest BCUT2D eigenvalue weighted by molar-refractivity contribution is 7.98. The third-order valence-electron chi connectivity index (χ3n) is 5.94. The lowest BCUT2D eigenvalue weighted by Gasteiger charge is -2.37. The van der Waals surface area contributed by atoms with Crippen molar-refractivity contribution in [2.24, 2.45) is 5.92 Å². The van der Waals surface area contributed by atoms with Crippen molar-refractivity contribution in [3.8, 4) is 0 Å². The van der Waals surface area contributed by atoms with E-state index in [0.29, 0.717) is 17.9 Å². The molecule has 2 aliphatic heterocycles. The summed E-state index contributed by atoms with van der Waals surface area (Å²) in [5, 5.41) is 0. The maximum absolute atomic E-state index is 13.3. The van der Waals surface area contributed by atoms with Gasteiger partial charge in [-0.05, 0) is 67.0 Å². The molecule has 0 amide bonds. The van der Waals surface area contributed by atoms with Crippen LogP contribution in [0, 0.1) is 11.7 Å². The number of hydrogen-bond acceptors (Lipinski definition) is 4. The standard InChI is InChI=1S/C22H28FN3S/c1-27-20-10-4-16(5-11-20)14-26-12-2-3-18(15-26)22-21(13-24-25-22)17-6-8-19(23)9-7-17/h4-11,18,21-22,24-25H,2-3,12-15H2,1H3. The van der Waals surface area contributed by atoms with Crippen LogP contribution in [0.2, 0.25) is 0 Å². The zero-order valence-corrected chi connectivity index (χ0v) is 16.6. The first-order valence-electron chi connectivity index (χ1n) is 9.82. The number of nitrogens with zero attached hydrogens (tertiary/aromatic N) is 1. The minimum Gasteiger partial charge on any atom is -0.299 e. The molecule has 2 N–H and O–H groups in total. The summed E-state index contributed by atoms with van der Waals surface area (Å²) in [5.74, 6) is 0.844. The molecule has 0 bridgehead atoms. The minimum absolute atomic E-state index is 0.162. The van der Waals surface area contributed by atoms with Crippen molar-refractivity contribution in [3.63, 3.8) is 0 Å². The summed E-state index contributed by atoms with van der Waals surface area (Å²) in [6.45, 7) is 4.21. The smallest absolute Gasteiger partial charge is 0.123 e. The first-order chi connectivity index (χ1) is 13.2. The average molecular weight is 386 g/mol. The summed E-state index contributed by atoms with van der Waals surface area (Å²) in [6.07, 6.45) is 4.60. The molecule has 2 heterocycles. The first-order valence-corrected chi connectivity index (χ1v) is 11.0. The van der Waals surface area contributed by atoms with E-state index in [9.17, 15) is 4.39 Å². The maximum atomic E-state index is 13.3. The highest BCUT2D eigenvalue weighted by Gasteiger charge is 2.36. The average Bonchev–Trinajstić information content (AvgIpc) is 3.19. The van der Waals surface area contributed by atoms with Crippen LogP contribution in [0.4, 0.5) is 4.39 Å². The summed E-state index contributed by atoms with van der Waals surface area (Å²) < 4.78 is 13.3. The van der Waals surface area contributed by atoms with E-state index >= 15 is 0 Å². The van der Waals surface area contributed by atoms with Crippen LogP contribution in [0.1, 0.15) is 29.9 Å². The quantitative estimate of drug-likeness (QED) is 0.760. The van der Waals surface area contributed by atoms with Crippen LogP contribution >= 0.6 is 11.8 Å². The van der Waals surface area contributed by atoms with Crippen molar-refractivity contribution in [3.05, 3.63) is 65.5 Å². The third kappa shape index (κ3) is 4.54. The van der Waals surface area contributed by atoms with Gasteiger partial charge in [-0.15, -0.1) is 11.8 Å². The summed E-state index contributed by atoms with van der Waals surface area (Å²) in [5.41, 5.74) is 9.48. The highest BCUT2D eigenvalue weighted by atomic mass is 32.2. The molecule has 144 valence electrons. The molecule has 0 radical (unpaired) electrons. The molecule has 0 spiro atoms. The fourth-order valence-electron chi connectivity index (χ4n) is 4.51. The predicted octanol–water partition coefficient (Wildman–Crippen LogP) is 4.02. The Balaban J connectivity index is 1.41. The molecule has 2 fully saturated rings. The van der Waals surface area contributed by atoms with Gasteiger partial charge in [0.05, 0.1) is 0 Å². The van der Waals surface area contributed by atoms with Crippen molar-refractivity contribution >= 4 is 11.8 Å². The Hall–Kier alpha value is -1.40. The molecule has 0 saturated carbocycles. The van der Waals surface area contributed by atoms with Gasteiger partial charge < -0.3 is 0 Å². The highest BCUT2D eigenvalue weighted by Crippen LogP contribution is 2.32. The Morgan fingerprint density at radius 1 is 1.11 bits per heavy atom. The summed E-state index contributed by atoms with van der Waals surface area (Å²) in [7, 11) is 0. The number of hydrogen-bond donors (Lipinski definition) is 2. The number of hydrazine groups is 1. The van der Waals surface area contributed by atoms with Gasteiger partial charge in [-0.2, -0.15) is 0 Å². The molecule has 2 aromatic rings. The lowest BCUT2D eigenvalue weighted by Crippen LogP contribution is -2.46. The molecule has 4 rings (SSSR count). The molecule has 2 aliphatic rings. The Bertz CT molecular complexity index is 734. The first kappa shape index (κ1) is 18.9. The van der Waals surface area contributed by atoms with E-state index in [0.717, 1.165) is 19.6 Å². The fraction of sp³-hybridized carbons (Fsp3) is 0.455. The zero-order valence-electron chi connectivity index (χ0n) is 15.8. The molecule has 2 aromatic carbocycles. The molecule has 5 heteroatoms. The van der Waals surface area contributed by atoms with Crippen molar-refractivity contribution in [2.45, 2.75) is 36.2 Å². The molecule has 3 atom stereocenters. The maximum Gasteiger partial charge on any atom is 0.123 e. The SMILES string of the molecule is CSc1ccc(CN2CCCC(C3NNCC3c3ccc(F)cc3)C2)cc1. The number of piperidine rings is 1. The number of likely N-dealkylation sites (tertiary alicyclic amines) is 1. The molecule has 3 unspecified atom stereocenters. The number of nitrogens with one attached hydrogen (secondary N) is 2. The summed E-state index contributed by atoms with van der Waals surface area (Å²) in [6, 6.07) is 16.4. The van der Waals surface area contributed by atoms with E-state index in [2.05, 4.69) is 46.3 Å². The van der Waals surface area contributed by atoms with E-state index in [-0.39, 0.29) is 5.82 Å². The fourth-order valence-corrected chi connectivity index (χ4v) is 4.92. The second kappa shape index (κ2) is 8.74. The van der Waals surface area contributed by atoms with Crippen LogP contribution < -0.4 is 10.9 Å². The lowest BCUT2D eigenvalue weighted by atomic mass is 9.81. The second-order valence-electron chi connectivity index (χ2n) is 7.69. The Morgan fingerprint density at radius 3 is 2.63 bits per heavy atom.